The lowest BCUT2D eigenvalue weighted by Gasteiger charge is -2.07. The quantitative estimate of drug-likeness (QED) is 0.798. The summed E-state index contributed by atoms with van der Waals surface area (Å²) in [7, 11) is 0. The van der Waals surface area contributed by atoms with Gasteiger partial charge in [-0.3, -0.25) is 0 Å². The van der Waals surface area contributed by atoms with Gasteiger partial charge in [0.05, 0.1) is 11.4 Å². The van der Waals surface area contributed by atoms with E-state index in [1.807, 2.05) is 60.7 Å². The van der Waals surface area contributed by atoms with Gasteiger partial charge in [-0.2, -0.15) is 5.10 Å². The Labute approximate surface area is 126 Å². The normalized spacial score (nSPS) is 10.5. The average Bonchev–Trinajstić information content (AvgIpc) is 2.87. The molecule has 104 valence electrons. The largest absolute Gasteiger partial charge is 0.476 e. The van der Waals surface area contributed by atoms with Crippen LogP contribution in [0.2, 0.25) is 5.02 Å². The van der Waals surface area contributed by atoms with Gasteiger partial charge in [0, 0.05) is 5.56 Å². The number of carbonyl (C=O) groups is 1. The molecule has 21 heavy (non-hydrogen) atoms. The minimum Gasteiger partial charge on any atom is -0.476 e. The van der Waals surface area contributed by atoms with E-state index in [4.69, 9.17) is 11.6 Å². The van der Waals surface area contributed by atoms with Crippen molar-refractivity contribution < 1.29 is 9.90 Å². The van der Waals surface area contributed by atoms with E-state index in [1.54, 1.807) is 4.68 Å². The van der Waals surface area contributed by atoms with Crippen LogP contribution in [-0.4, -0.2) is 20.9 Å². The first-order chi connectivity index (χ1) is 10.2. The summed E-state index contributed by atoms with van der Waals surface area (Å²) >= 11 is 6.24. The average molecular weight is 299 g/mol. The summed E-state index contributed by atoms with van der Waals surface area (Å²) in [4.78, 5) is 11.3. The molecule has 1 aromatic heterocycles. The molecule has 0 saturated heterocycles. The zero-order valence-electron chi connectivity index (χ0n) is 10.9. The van der Waals surface area contributed by atoms with Gasteiger partial charge in [0.15, 0.2) is 5.69 Å². The van der Waals surface area contributed by atoms with E-state index in [0.29, 0.717) is 5.69 Å². The fourth-order valence-corrected chi connectivity index (χ4v) is 2.44. The number of nitrogens with zero attached hydrogens (tertiary/aromatic N) is 2. The van der Waals surface area contributed by atoms with E-state index in [1.165, 1.54) is 0 Å². The molecule has 0 atom stereocenters. The third-order valence-corrected chi connectivity index (χ3v) is 3.44. The highest BCUT2D eigenvalue weighted by atomic mass is 35.5. The zero-order valence-corrected chi connectivity index (χ0v) is 11.7. The monoisotopic (exact) mass is 298 g/mol. The number of aromatic carboxylic acids is 1. The van der Waals surface area contributed by atoms with Crippen molar-refractivity contribution in [1.82, 2.24) is 9.78 Å². The second-order valence-corrected chi connectivity index (χ2v) is 4.81. The summed E-state index contributed by atoms with van der Waals surface area (Å²) in [5, 5.41) is 13.5. The van der Waals surface area contributed by atoms with E-state index in [2.05, 4.69) is 5.10 Å². The molecular weight excluding hydrogens is 288 g/mol. The van der Waals surface area contributed by atoms with Gasteiger partial charge in [-0.05, 0) is 12.1 Å². The summed E-state index contributed by atoms with van der Waals surface area (Å²) in [5.41, 5.74) is 1.98. The van der Waals surface area contributed by atoms with Crippen LogP contribution in [0.1, 0.15) is 10.5 Å². The molecule has 0 aliphatic heterocycles. The fourth-order valence-electron chi connectivity index (χ4n) is 2.14. The molecular formula is C16H11ClN2O2. The number of hydrogen-bond donors (Lipinski definition) is 1. The molecule has 0 saturated carbocycles. The molecule has 4 nitrogen and oxygen atoms in total. The van der Waals surface area contributed by atoms with E-state index < -0.39 is 5.97 Å². The predicted octanol–water partition coefficient (Wildman–Crippen LogP) is 3.89. The molecule has 3 rings (SSSR count). The molecule has 0 radical (unpaired) electrons. The highest BCUT2D eigenvalue weighted by molar-refractivity contribution is 6.35. The first-order valence-corrected chi connectivity index (χ1v) is 6.69. The van der Waals surface area contributed by atoms with Crippen LogP contribution in [0.15, 0.2) is 60.7 Å². The Morgan fingerprint density at radius 1 is 1.00 bits per heavy atom. The van der Waals surface area contributed by atoms with Crippen molar-refractivity contribution in [3.05, 3.63) is 71.4 Å². The SMILES string of the molecule is O=C(O)c1nn(-c2ccccc2)c(-c2ccccc2)c1Cl. The molecule has 2 aromatic carbocycles. The smallest absolute Gasteiger partial charge is 0.358 e. The molecule has 5 heteroatoms. The molecule has 0 amide bonds. The van der Waals surface area contributed by atoms with Gasteiger partial charge in [-0.15, -0.1) is 0 Å². The Morgan fingerprint density at radius 3 is 2.14 bits per heavy atom. The van der Waals surface area contributed by atoms with Crippen LogP contribution in [0.5, 0.6) is 0 Å². The molecule has 0 aliphatic carbocycles. The van der Waals surface area contributed by atoms with Crippen LogP contribution in [0, 0.1) is 0 Å². The highest BCUT2D eigenvalue weighted by Gasteiger charge is 2.22. The number of benzene rings is 2. The van der Waals surface area contributed by atoms with Crippen molar-refractivity contribution in [3.63, 3.8) is 0 Å². The van der Waals surface area contributed by atoms with Gasteiger partial charge < -0.3 is 5.11 Å². The number of carboxylic acid groups (broad SMARTS) is 1. The van der Waals surface area contributed by atoms with Crippen molar-refractivity contribution >= 4 is 17.6 Å². The van der Waals surface area contributed by atoms with Crippen molar-refractivity contribution in [2.45, 2.75) is 0 Å². The summed E-state index contributed by atoms with van der Waals surface area (Å²) in [6.45, 7) is 0. The van der Waals surface area contributed by atoms with Crippen LogP contribution in [0.4, 0.5) is 0 Å². The first-order valence-electron chi connectivity index (χ1n) is 6.31. The van der Waals surface area contributed by atoms with Gasteiger partial charge in [-0.1, -0.05) is 60.1 Å². The van der Waals surface area contributed by atoms with Crippen LogP contribution >= 0.6 is 11.6 Å². The Balaban J connectivity index is 2.29. The summed E-state index contributed by atoms with van der Waals surface area (Å²) in [6, 6.07) is 18.7. The molecule has 1 heterocycles. The number of rotatable bonds is 3. The van der Waals surface area contributed by atoms with Crippen molar-refractivity contribution in [2.24, 2.45) is 0 Å². The first kappa shape index (κ1) is 13.4. The molecule has 0 bridgehead atoms. The number of halogens is 1. The summed E-state index contributed by atoms with van der Waals surface area (Å²) in [5.74, 6) is -1.15. The van der Waals surface area contributed by atoms with Gasteiger partial charge in [0.2, 0.25) is 0 Å². The summed E-state index contributed by atoms with van der Waals surface area (Å²) < 4.78 is 1.56. The van der Waals surface area contributed by atoms with Gasteiger partial charge in [0.1, 0.15) is 5.02 Å². The molecule has 1 N–H and O–H groups in total. The van der Waals surface area contributed by atoms with Crippen molar-refractivity contribution in [2.75, 3.05) is 0 Å². The van der Waals surface area contributed by atoms with E-state index >= 15 is 0 Å². The van der Waals surface area contributed by atoms with E-state index in [9.17, 15) is 9.90 Å². The Kier molecular flexibility index (Phi) is 3.46. The third kappa shape index (κ3) is 2.41. The fraction of sp³-hybridized carbons (Fsp3) is 0. The lowest BCUT2D eigenvalue weighted by molar-refractivity contribution is 0.0690. The van der Waals surface area contributed by atoms with E-state index in [0.717, 1.165) is 11.3 Å². The molecule has 3 aromatic rings. The van der Waals surface area contributed by atoms with Crippen LogP contribution in [-0.2, 0) is 0 Å². The minimum absolute atomic E-state index is 0.137. The second kappa shape index (κ2) is 5.42. The zero-order chi connectivity index (χ0) is 14.8. The van der Waals surface area contributed by atoms with Crippen LogP contribution < -0.4 is 0 Å². The van der Waals surface area contributed by atoms with Crippen molar-refractivity contribution in [3.8, 4) is 16.9 Å². The molecule has 0 unspecified atom stereocenters. The maximum atomic E-state index is 11.3. The Hall–Kier alpha value is -2.59. The van der Waals surface area contributed by atoms with Crippen LogP contribution in [0.3, 0.4) is 0 Å². The Bertz CT molecular complexity index is 783. The molecule has 0 aliphatic rings. The summed E-state index contributed by atoms with van der Waals surface area (Å²) in [6.07, 6.45) is 0. The minimum atomic E-state index is -1.15. The Morgan fingerprint density at radius 2 is 1.57 bits per heavy atom. The lowest BCUT2D eigenvalue weighted by atomic mass is 10.1. The van der Waals surface area contributed by atoms with E-state index in [-0.39, 0.29) is 10.7 Å². The van der Waals surface area contributed by atoms with Crippen molar-refractivity contribution in [1.29, 1.82) is 0 Å². The predicted molar refractivity (Wildman–Crippen MR) is 81.0 cm³/mol. The number of carboxylic acids is 1. The number of aromatic nitrogens is 2. The van der Waals surface area contributed by atoms with Gasteiger partial charge >= 0.3 is 5.97 Å². The number of hydrogen-bond acceptors (Lipinski definition) is 2. The molecule has 0 fully saturated rings. The third-order valence-electron chi connectivity index (χ3n) is 3.08. The maximum absolute atomic E-state index is 11.3. The molecule has 0 spiro atoms. The lowest BCUT2D eigenvalue weighted by Crippen LogP contribution is -2.02. The topological polar surface area (TPSA) is 55.1 Å². The highest BCUT2D eigenvalue weighted by Crippen LogP contribution is 2.32. The van der Waals surface area contributed by atoms with Gasteiger partial charge in [0.25, 0.3) is 0 Å². The second-order valence-electron chi connectivity index (χ2n) is 4.43. The maximum Gasteiger partial charge on any atom is 0.358 e. The van der Waals surface area contributed by atoms with Crippen LogP contribution in [0.25, 0.3) is 16.9 Å². The number of para-hydroxylation sites is 1. The standard InChI is InChI=1S/C16H11ClN2O2/c17-13-14(16(20)21)18-19(12-9-5-2-6-10-12)15(13)11-7-3-1-4-8-11/h1-10H,(H,20,21). The van der Waals surface area contributed by atoms with Gasteiger partial charge in [-0.25, -0.2) is 9.48 Å².